The fraction of sp³-hybridized carbons (Fsp3) is 0.615. The van der Waals surface area contributed by atoms with Crippen molar-refractivity contribution in [3.05, 3.63) is 16.1 Å². The van der Waals surface area contributed by atoms with E-state index >= 15 is 0 Å². The minimum absolute atomic E-state index is 0.189. The van der Waals surface area contributed by atoms with Gasteiger partial charge in [0.2, 0.25) is 0 Å². The molecule has 0 aliphatic rings. The van der Waals surface area contributed by atoms with E-state index in [2.05, 4.69) is 10.3 Å². The van der Waals surface area contributed by atoms with E-state index in [-0.39, 0.29) is 5.91 Å². The summed E-state index contributed by atoms with van der Waals surface area (Å²) in [7, 11) is 0. The van der Waals surface area contributed by atoms with E-state index in [0.717, 1.165) is 5.01 Å². The lowest BCUT2D eigenvalue weighted by Gasteiger charge is -2.18. The van der Waals surface area contributed by atoms with Crippen molar-refractivity contribution in [1.82, 2.24) is 10.3 Å². The Morgan fingerprint density at radius 1 is 1.47 bits per heavy atom. The number of carboxylic acid groups (broad SMARTS) is 1. The second-order valence-electron chi connectivity index (χ2n) is 5.41. The molecule has 6 heteroatoms. The number of thiazole rings is 1. The number of hydrogen-bond acceptors (Lipinski definition) is 4. The van der Waals surface area contributed by atoms with Crippen LogP contribution in [0, 0.1) is 5.41 Å². The zero-order valence-electron chi connectivity index (χ0n) is 11.7. The SMILES string of the molecule is CC(C)c1ncc(C(=O)NCCC(C)(C)C(=O)O)s1. The molecule has 1 aromatic heterocycles. The summed E-state index contributed by atoms with van der Waals surface area (Å²) in [6.07, 6.45) is 1.96. The molecule has 1 heterocycles. The Morgan fingerprint density at radius 2 is 2.11 bits per heavy atom. The van der Waals surface area contributed by atoms with E-state index in [1.165, 1.54) is 11.3 Å². The number of carboxylic acids is 1. The molecule has 0 aliphatic carbocycles. The van der Waals surface area contributed by atoms with Gasteiger partial charge in [0, 0.05) is 12.5 Å². The van der Waals surface area contributed by atoms with Gasteiger partial charge in [0.05, 0.1) is 16.6 Å². The van der Waals surface area contributed by atoms with Gasteiger partial charge in [0.15, 0.2) is 0 Å². The van der Waals surface area contributed by atoms with Gasteiger partial charge in [-0.2, -0.15) is 0 Å². The van der Waals surface area contributed by atoms with Crippen molar-refractivity contribution in [3.8, 4) is 0 Å². The predicted molar refractivity (Wildman–Crippen MR) is 74.6 cm³/mol. The summed E-state index contributed by atoms with van der Waals surface area (Å²) in [5.74, 6) is -0.746. The fourth-order valence-corrected chi connectivity index (χ4v) is 2.18. The van der Waals surface area contributed by atoms with Crippen molar-refractivity contribution in [2.45, 2.75) is 40.0 Å². The molecule has 0 aliphatic heterocycles. The van der Waals surface area contributed by atoms with Gasteiger partial charge >= 0.3 is 5.97 Å². The third-order valence-corrected chi connectivity index (χ3v) is 4.15. The molecular formula is C13H20N2O3S. The fourth-order valence-electron chi connectivity index (χ4n) is 1.34. The van der Waals surface area contributed by atoms with E-state index in [0.29, 0.717) is 23.8 Å². The van der Waals surface area contributed by atoms with Crippen molar-refractivity contribution in [1.29, 1.82) is 0 Å². The molecule has 19 heavy (non-hydrogen) atoms. The number of aromatic nitrogens is 1. The van der Waals surface area contributed by atoms with Gasteiger partial charge in [-0.05, 0) is 20.3 Å². The standard InChI is InChI=1S/C13H20N2O3S/c1-8(2)11-15-7-9(19-11)10(16)14-6-5-13(3,4)12(17)18/h7-8H,5-6H2,1-4H3,(H,14,16)(H,17,18). The quantitative estimate of drug-likeness (QED) is 0.841. The van der Waals surface area contributed by atoms with E-state index < -0.39 is 11.4 Å². The molecule has 0 saturated carbocycles. The van der Waals surface area contributed by atoms with Gasteiger partial charge in [-0.15, -0.1) is 11.3 Å². The number of hydrogen-bond donors (Lipinski definition) is 2. The Kier molecular flexibility index (Phi) is 5.05. The van der Waals surface area contributed by atoms with Gasteiger partial charge in [0.1, 0.15) is 4.88 Å². The van der Waals surface area contributed by atoms with E-state index in [1.807, 2.05) is 13.8 Å². The van der Waals surface area contributed by atoms with Crippen LogP contribution in [0.4, 0.5) is 0 Å². The van der Waals surface area contributed by atoms with Crippen LogP contribution in [0.25, 0.3) is 0 Å². The molecular weight excluding hydrogens is 264 g/mol. The van der Waals surface area contributed by atoms with Gasteiger partial charge in [0.25, 0.3) is 5.91 Å². The molecule has 0 saturated heterocycles. The van der Waals surface area contributed by atoms with E-state index in [4.69, 9.17) is 5.11 Å². The molecule has 1 rings (SSSR count). The van der Waals surface area contributed by atoms with Crippen molar-refractivity contribution in [3.63, 3.8) is 0 Å². The van der Waals surface area contributed by atoms with Crippen molar-refractivity contribution in [2.24, 2.45) is 5.41 Å². The monoisotopic (exact) mass is 284 g/mol. The molecule has 0 unspecified atom stereocenters. The zero-order chi connectivity index (χ0) is 14.6. The van der Waals surface area contributed by atoms with Crippen LogP contribution in [0.2, 0.25) is 0 Å². The number of nitrogens with one attached hydrogen (secondary N) is 1. The van der Waals surface area contributed by atoms with E-state index in [9.17, 15) is 9.59 Å². The van der Waals surface area contributed by atoms with Crippen LogP contribution in [-0.4, -0.2) is 28.5 Å². The van der Waals surface area contributed by atoms with E-state index in [1.54, 1.807) is 20.0 Å². The lowest BCUT2D eigenvalue weighted by molar-refractivity contribution is -0.147. The zero-order valence-corrected chi connectivity index (χ0v) is 12.5. The molecule has 0 atom stereocenters. The van der Waals surface area contributed by atoms with Gasteiger partial charge < -0.3 is 10.4 Å². The molecule has 1 aromatic rings. The maximum absolute atomic E-state index is 11.8. The van der Waals surface area contributed by atoms with Crippen LogP contribution in [0.1, 0.15) is 54.7 Å². The van der Waals surface area contributed by atoms with Crippen molar-refractivity contribution in [2.75, 3.05) is 6.54 Å². The maximum Gasteiger partial charge on any atom is 0.309 e. The van der Waals surface area contributed by atoms with Crippen LogP contribution in [0.5, 0.6) is 0 Å². The van der Waals surface area contributed by atoms with Crippen LogP contribution < -0.4 is 5.32 Å². The third kappa shape index (κ3) is 4.31. The Balaban J connectivity index is 2.49. The van der Waals surface area contributed by atoms with Crippen LogP contribution >= 0.6 is 11.3 Å². The smallest absolute Gasteiger partial charge is 0.309 e. The molecule has 0 aromatic carbocycles. The molecule has 0 bridgehead atoms. The molecule has 0 radical (unpaired) electrons. The Bertz CT molecular complexity index is 466. The normalized spacial score (nSPS) is 11.6. The molecule has 1 amide bonds. The first kappa shape index (κ1) is 15.6. The lowest BCUT2D eigenvalue weighted by atomic mass is 9.90. The van der Waals surface area contributed by atoms with Gasteiger partial charge in [-0.25, -0.2) is 4.98 Å². The number of carbonyl (C=O) groups excluding carboxylic acids is 1. The highest BCUT2D eigenvalue weighted by Gasteiger charge is 2.26. The Labute approximate surface area is 117 Å². The third-order valence-electron chi connectivity index (χ3n) is 2.86. The van der Waals surface area contributed by atoms with Crippen LogP contribution in [-0.2, 0) is 4.79 Å². The second-order valence-corrected chi connectivity index (χ2v) is 6.47. The first-order valence-electron chi connectivity index (χ1n) is 6.21. The first-order chi connectivity index (χ1) is 8.74. The summed E-state index contributed by atoms with van der Waals surface area (Å²) in [6.45, 7) is 7.68. The second kappa shape index (κ2) is 6.14. The highest BCUT2D eigenvalue weighted by atomic mass is 32.1. The number of nitrogens with zero attached hydrogens (tertiary/aromatic N) is 1. The van der Waals surface area contributed by atoms with Crippen LogP contribution in [0.15, 0.2) is 6.20 Å². The minimum atomic E-state index is -0.860. The highest BCUT2D eigenvalue weighted by Crippen LogP contribution is 2.22. The molecule has 2 N–H and O–H groups in total. The summed E-state index contributed by atoms with van der Waals surface area (Å²) in [5, 5.41) is 12.6. The van der Waals surface area contributed by atoms with Crippen LogP contribution in [0.3, 0.4) is 0 Å². The maximum atomic E-state index is 11.8. The minimum Gasteiger partial charge on any atom is -0.481 e. The highest BCUT2D eigenvalue weighted by molar-refractivity contribution is 7.13. The number of carbonyl (C=O) groups is 2. The Hall–Kier alpha value is -1.43. The topological polar surface area (TPSA) is 79.3 Å². The number of aliphatic carboxylic acids is 1. The number of amides is 1. The first-order valence-corrected chi connectivity index (χ1v) is 7.03. The molecule has 106 valence electrons. The largest absolute Gasteiger partial charge is 0.481 e. The molecule has 5 nitrogen and oxygen atoms in total. The summed E-state index contributed by atoms with van der Waals surface area (Å²) in [6, 6.07) is 0. The van der Waals surface area contributed by atoms with Crippen molar-refractivity contribution >= 4 is 23.2 Å². The number of rotatable bonds is 6. The predicted octanol–water partition coefficient (Wildman–Crippen LogP) is 2.50. The molecule has 0 fully saturated rings. The Morgan fingerprint density at radius 3 is 2.58 bits per heavy atom. The average molecular weight is 284 g/mol. The van der Waals surface area contributed by atoms with Gasteiger partial charge in [-0.1, -0.05) is 13.8 Å². The van der Waals surface area contributed by atoms with Crippen molar-refractivity contribution < 1.29 is 14.7 Å². The average Bonchev–Trinajstić information content (AvgIpc) is 2.77. The van der Waals surface area contributed by atoms with Gasteiger partial charge in [-0.3, -0.25) is 9.59 Å². The summed E-state index contributed by atoms with van der Waals surface area (Å²) < 4.78 is 0. The lowest BCUT2D eigenvalue weighted by Crippen LogP contribution is -2.31. The summed E-state index contributed by atoms with van der Waals surface area (Å²) in [5.41, 5.74) is -0.829. The summed E-state index contributed by atoms with van der Waals surface area (Å²) in [4.78, 5) is 27.5. The summed E-state index contributed by atoms with van der Waals surface area (Å²) >= 11 is 1.37. The molecule has 0 spiro atoms.